The molecule has 0 spiro atoms. The number of carbonyl (C=O) groups is 1. The Hall–Kier alpha value is -4.06. The highest BCUT2D eigenvalue weighted by atomic mass is 16.1. The average Bonchev–Trinajstić information content (AvgIpc) is 2.78. The molecule has 6 heteroatoms. The number of benzene rings is 2. The van der Waals surface area contributed by atoms with Crippen LogP contribution in [0.4, 0.5) is 11.6 Å². The smallest absolute Gasteiger partial charge is 0.247 e. The zero-order valence-electron chi connectivity index (χ0n) is 16.6. The summed E-state index contributed by atoms with van der Waals surface area (Å²) in [6.45, 7) is 5.60. The van der Waals surface area contributed by atoms with E-state index < -0.39 is 0 Å². The second-order valence-corrected chi connectivity index (χ2v) is 6.90. The van der Waals surface area contributed by atoms with Gasteiger partial charge in [-0.25, -0.2) is 9.97 Å². The van der Waals surface area contributed by atoms with E-state index in [1.807, 2.05) is 42.7 Å². The topological polar surface area (TPSA) is 93.8 Å². The van der Waals surface area contributed by atoms with E-state index in [1.165, 1.54) is 6.08 Å². The lowest BCUT2D eigenvalue weighted by molar-refractivity contribution is -0.111. The van der Waals surface area contributed by atoms with Gasteiger partial charge in [0.1, 0.15) is 0 Å². The highest BCUT2D eigenvalue weighted by Crippen LogP contribution is 2.34. The van der Waals surface area contributed by atoms with E-state index in [0.29, 0.717) is 5.69 Å². The molecule has 2 aromatic carbocycles. The quantitative estimate of drug-likeness (QED) is 0.481. The normalized spacial score (nSPS) is 10.7. The number of carbonyl (C=O) groups excluding carboxylic acids is 1. The standard InChI is InChI=1S/C24H21N5O/c1-3-15-8-18(13-26-12-15)17-9-19-14-27-24(25)29-23(19)21(11-17)16-6-5-7-20(10-16)28-22(30)4-2/h4-14H,2-3H2,1H3,(H,28,30)(H2,25,27,29). The van der Waals surface area contributed by atoms with Crippen LogP contribution < -0.4 is 11.1 Å². The molecule has 0 aliphatic heterocycles. The van der Waals surface area contributed by atoms with Gasteiger partial charge in [0.05, 0.1) is 5.52 Å². The summed E-state index contributed by atoms with van der Waals surface area (Å²) >= 11 is 0. The van der Waals surface area contributed by atoms with Gasteiger partial charge >= 0.3 is 0 Å². The second-order valence-electron chi connectivity index (χ2n) is 6.90. The maximum Gasteiger partial charge on any atom is 0.247 e. The summed E-state index contributed by atoms with van der Waals surface area (Å²) in [6.07, 6.45) is 7.60. The molecule has 4 rings (SSSR count). The van der Waals surface area contributed by atoms with Gasteiger partial charge in [0.25, 0.3) is 0 Å². The number of hydrogen-bond acceptors (Lipinski definition) is 5. The Morgan fingerprint density at radius 1 is 1.10 bits per heavy atom. The predicted octanol–water partition coefficient (Wildman–Crippen LogP) is 4.63. The van der Waals surface area contributed by atoms with Gasteiger partial charge in [-0.1, -0.05) is 25.6 Å². The molecule has 6 nitrogen and oxygen atoms in total. The van der Waals surface area contributed by atoms with Crippen molar-refractivity contribution in [2.75, 3.05) is 11.1 Å². The number of pyridine rings is 1. The van der Waals surface area contributed by atoms with E-state index in [4.69, 9.17) is 5.73 Å². The first-order valence-corrected chi connectivity index (χ1v) is 9.62. The van der Waals surface area contributed by atoms with E-state index in [1.54, 1.807) is 6.20 Å². The van der Waals surface area contributed by atoms with Gasteiger partial charge in [0.15, 0.2) is 0 Å². The number of nitrogens with zero attached hydrogens (tertiary/aromatic N) is 3. The van der Waals surface area contributed by atoms with Crippen LogP contribution in [0.15, 0.2) is 73.7 Å². The van der Waals surface area contributed by atoms with E-state index in [2.05, 4.69) is 45.9 Å². The van der Waals surface area contributed by atoms with Gasteiger partial charge in [0.2, 0.25) is 11.9 Å². The monoisotopic (exact) mass is 395 g/mol. The van der Waals surface area contributed by atoms with Crippen LogP contribution in [0.2, 0.25) is 0 Å². The van der Waals surface area contributed by atoms with Crippen LogP contribution in [0.25, 0.3) is 33.2 Å². The number of nitrogens with one attached hydrogen (secondary N) is 1. The Kier molecular flexibility index (Phi) is 5.22. The molecule has 0 saturated carbocycles. The largest absolute Gasteiger partial charge is 0.368 e. The number of amides is 1. The molecule has 0 aliphatic rings. The van der Waals surface area contributed by atoms with Gasteiger partial charge in [-0.05, 0) is 59.5 Å². The number of anilines is 2. The third-order valence-electron chi connectivity index (χ3n) is 4.86. The number of aryl methyl sites for hydroxylation is 1. The zero-order chi connectivity index (χ0) is 21.1. The molecule has 0 aliphatic carbocycles. The maximum atomic E-state index is 11.7. The zero-order valence-corrected chi connectivity index (χ0v) is 16.6. The minimum atomic E-state index is -0.264. The molecule has 0 fully saturated rings. The molecular formula is C24H21N5O. The molecule has 2 aromatic heterocycles. The number of hydrogen-bond donors (Lipinski definition) is 2. The van der Waals surface area contributed by atoms with Crippen LogP contribution in [-0.4, -0.2) is 20.9 Å². The van der Waals surface area contributed by atoms with E-state index in [9.17, 15) is 4.79 Å². The molecule has 2 heterocycles. The first-order valence-electron chi connectivity index (χ1n) is 9.62. The van der Waals surface area contributed by atoms with Gasteiger partial charge in [0, 0.05) is 40.8 Å². The Labute approximate surface area is 174 Å². The van der Waals surface area contributed by atoms with Crippen molar-refractivity contribution in [1.82, 2.24) is 15.0 Å². The van der Waals surface area contributed by atoms with Crippen LogP contribution in [0.1, 0.15) is 12.5 Å². The lowest BCUT2D eigenvalue weighted by Crippen LogP contribution is -2.07. The van der Waals surface area contributed by atoms with Gasteiger partial charge in [-0.3, -0.25) is 9.78 Å². The molecule has 0 radical (unpaired) electrons. The van der Waals surface area contributed by atoms with Crippen molar-refractivity contribution in [2.24, 2.45) is 0 Å². The van der Waals surface area contributed by atoms with Crippen molar-refractivity contribution in [1.29, 1.82) is 0 Å². The minimum absolute atomic E-state index is 0.210. The van der Waals surface area contributed by atoms with Crippen LogP contribution >= 0.6 is 0 Å². The van der Waals surface area contributed by atoms with Crippen molar-refractivity contribution in [3.63, 3.8) is 0 Å². The van der Waals surface area contributed by atoms with Gasteiger partial charge in [-0.15, -0.1) is 0 Å². The second kappa shape index (κ2) is 8.13. The summed E-state index contributed by atoms with van der Waals surface area (Å²) in [5.74, 6) is -0.0537. The van der Waals surface area contributed by atoms with E-state index in [0.717, 1.165) is 45.1 Å². The number of aromatic nitrogens is 3. The lowest BCUT2D eigenvalue weighted by Gasteiger charge is -2.12. The summed E-state index contributed by atoms with van der Waals surface area (Å²) in [5, 5.41) is 3.67. The number of nitrogen functional groups attached to an aromatic ring is 1. The summed E-state index contributed by atoms with van der Waals surface area (Å²) in [7, 11) is 0. The van der Waals surface area contributed by atoms with Crippen molar-refractivity contribution in [3.05, 3.63) is 79.3 Å². The molecule has 0 atom stereocenters. The van der Waals surface area contributed by atoms with Crippen molar-refractivity contribution in [2.45, 2.75) is 13.3 Å². The third-order valence-corrected chi connectivity index (χ3v) is 4.86. The fourth-order valence-corrected chi connectivity index (χ4v) is 3.34. The SMILES string of the molecule is C=CC(=O)Nc1cccc(-c2cc(-c3cncc(CC)c3)cc3cnc(N)nc23)c1. The minimum Gasteiger partial charge on any atom is -0.368 e. The Balaban J connectivity index is 1.91. The fourth-order valence-electron chi connectivity index (χ4n) is 3.34. The highest BCUT2D eigenvalue weighted by Gasteiger charge is 2.12. The number of rotatable bonds is 5. The van der Waals surface area contributed by atoms with Crippen LogP contribution in [0.5, 0.6) is 0 Å². The molecule has 3 N–H and O–H groups in total. The van der Waals surface area contributed by atoms with Gasteiger partial charge < -0.3 is 11.1 Å². The van der Waals surface area contributed by atoms with Gasteiger partial charge in [-0.2, -0.15) is 0 Å². The lowest BCUT2D eigenvalue weighted by atomic mass is 9.96. The summed E-state index contributed by atoms with van der Waals surface area (Å²) in [5.41, 5.74) is 12.3. The van der Waals surface area contributed by atoms with Crippen LogP contribution in [-0.2, 0) is 11.2 Å². The Bertz CT molecular complexity index is 1270. The molecule has 0 unspecified atom stereocenters. The summed E-state index contributed by atoms with van der Waals surface area (Å²) in [6, 6.07) is 13.8. The summed E-state index contributed by atoms with van der Waals surface area (Å²) < 4.78 is 0. The first-order chi connectivity index (χ1) is 14.6. The number of nitrogens with two attached hydrogens (primary N) is 1. The first kappa shape index (κ1) is 19.3. The Morgan fingerprint density at radius 2 is 1.97 bits per heavy atom. The molecular weight excluding hydrogens is 374 g/mol. The number of fused-ring (bicyclic) bond motifs is 1. The van der Waals surface area contributed by atoms with Crippen molar-refractivity contribution in [3.8, 4) is 22.3 Å². The molecule has 148 valence electrons. The van der Waals surface area contributed by atoms with Crippen LogP contribution in [0, 0.1) is 0 Å². The van der Waals surface area contributed by atoms with E-state index >= 15 is 0 Å². The molecule has 1 amide bonds. The Morgan fingerprint density at radius 3 is 2.77 bits per heavy atom. The average molecular weight is 395 g/mol. The maximum absolute atomic E-state index is 11.7. The highest BCUT2D eigenvalue weighted by molar-refractivity contribution is 6.01. The fraction of sp³-hybridized carbons (Fsp3) is 0.0833. The molecule has 0 saturated heterocycles. The third kappa shape index (κ3) is 3.89. The van der Waals surface area contributed by atoms with Crippen LogP contribution in [0.3, 0.4) is 0 Å². The molecule has 30 heavy (non-hydrogen) atoms. The summed E-state index contributed by atoms with van der Waals surface area (Å²) in [4.78, 5) is 24.7. The molecule has 4 aromatic rings. The van der Waals surface area contributed by atoms with Crippen molar-refractivity contribution >= 4 is 28.4 Å². The predicted molar refractivity (Wildman–Crippen MR) is 121 cm³/mol. The molecule has 0 bridgehead atoms. The van der Waals surface area contributed by atoms with Crippen molar-refractivity contribution < 1.29 is 4.79 Å². The van der Waals surface area contributed by atoms with E-state index in [-0.39, 0.29) is 11.9 Å².